The molecule has 9 heteroatoms. The van der Waals surface area contributed by atoms with Crippen LogP contribution in [0.25, 0.3) is 0 Å². The predicted octanol–water partition coefficient (Wildman–Crippen LogP) is -1.22. The summed E-state index contributed by atoms with van der Waals surface area (Å²) < 4.78 is 47.6. The van der Waals surface area contributed by atoms with Crippen molar-refractivity contribution in [2.24, 2.45) is 0 Å². The van der Waals surface area contributed by atoms with Crippen LogP contribution >= 0.6 is 0 Å². The number of alkyl halides is 2. The molecule has 1 fully saturated rings. The van der Waals surface area contributed by atoms with Gasteiger partial charge < -0.3 is 14.9 Å². The summed E-state index contributed by atoms with van der Waals surface area (Å²) in [7, 11) is 0. The number of aliphatic hydroxyl groups is 2. The Hall–Kier alpha value is -2.02. The van der Waals surface area contributed by atoms with E-state index in [0.29, 0.717) is 4.57 Å². The molecule has 0 spiro atoms. The van der Waals surface area contributed by atoms with Gasteiger partial charge >= 0.3 is 5.69 Å². The number of rotatable bonds is 2. The van der Waals surface area contributed by atoms with E-state index < -0.39 is 48.6 Å². The summed E-state index contributed by atoms with van der Waals surface area (Å²) in [5.74, 6) is 3.54. The summed E-state index contributed by atoms with van der Waals surface area (Å²) in [6.45, 7) is -3.15. The van der Waals surface area contributed by atoms with Crippen molar-refractivity contribution in [3.8, 4) is 11.8 Å². The van der Waals surface area contributed by atoms with Gasteiger partial charge in [0.2, 0.25) is 5.67 Å². The molecule has 2 heterocycles. The quantitative estimate of drug-likeness (QED) is 0.593. The first-order valence-electron chi connectivity index (χ1n) is 7.15. The molecule has 0 bridgehead atoms. The van der Waals surface area contributed by atoms with Crippen LogP contribution in [0.3, 0.4) is 0 Å². The molecule has 0 aliphatic carbocycles. The second-order valence-electron chi connectivity index (χ2n) is 4.64. The summed E-state index contributed by atoms with van der Waals surface area (Å²) in [5, 5.41) is 19.4. The number of aryl methyl sites for hydroxylation is 1. The Balaban J connectivity index is 2.66. The number of aromatic amines is 1. The van der Waals surface area contributed by atoms with E-state index in [9.17, 15) is 24.2 Å². The second kappa shape index (κ2) is 6.00. The van der Waals surface area contributed by atoms with E-state index in [-0.39, 0.29) is 5.69 Å². The molecule has 0 amide bonds. The molecular formula is C13H14F2N2O5. The Bertz CT molecular complexity index is 810. The third kappa shape index (κ3) is 2.56. The predicted molar refractivity (Wildman–Crippen MR) is 70.7 cm³/mol. The van der Waals surface area contributed by atoms with Crippen LogP contribution in [-0.2, 0) is 4.74 Å². The molecule has 7 nitrogen and oxygen atoms in total. The van der Waals surface area contributed by atoms with E-state index in [1.165, 1.54) is 6.92 Å². The maximum atomic E-state index is 15.2. The first kappa shape index (κ1) is 13.6. The highest BCUT2D eigenvalue weighted by Gasteiger charge is 2.58. The number of aromatic nitrogens is 2. The third-order valence-corrected chi connectivity index (χ3v) is 3.23. The van der Waals surface area contributed by atoms with E-state index in [1.54, 1.807) is 11.8 Å². The minimum atomic E-state index is -3.16. The molecule has 1 saturated heterocycles. The minimum Gasteiger partial charge on any atom is -0.394 e. The highest BCUT2D eigenvalue weighted by Crippen LogP contribution is 2.40. The standard InChI is InChI=1S/C13H14F2N2O5/c1-7-5-9(19)16-12(21)17(7)11-13(15,3-2-4-14)10(20)8(6-18)22-11/h5,8,10-11,18,20H,4,6H2,1H3,(H,16,19,21)/t8-,10+,11-,13?/m1/s1/i6D2. The average Bonchev–Trinajstić information content (AvgIpc) is 2.69. The van der Waals surface area contributed by atoms with Crippen LogP contribution in [0, 0.1) is 18.8 Å². The van der Waals surface area contributed by atoms with Gasteiger partial charge in [-0.1, -0.05) is 11.8 Å². The van der Waals surface area contributed by atoms with Gasteiger partial charge in [0.25, 0.3) is 5.56 Å². The molecule has 1 unspecified atom stereocenters. The number of ether oxygens (including phenoxy) is 1. The molecule has 1 aliphatic rings. The number of hydrogen-bond acceptors (Lipinski definition) is 5. The summed E-state index contributed by atoms with van der Waals surface area (Å²) in [4.78, 5) is 25.1. The molecule has 2 rings (SSSR count). The minimum absolute atomic E-state index is 0.0656. The van der Waals surface area contributed by atoms with Gasteiger partial charge in [-0.3, -0.25) is 14.3 Å². The largest absolute Gasteiger partial charge is 0.394 e. The highest BCUT2D eigenvalue weighted by molar-refractivity contribution is 5.24. The summed E-state index contributed by atoms with van der Waals surface area (Å²) in [5.41, 5.74) is -5.02. The topological polar surface area (TPSA) is 105 Å². The van der Waals surface area contributed by atoms with Crippen LogP contribution in [0.1, 0.15) is 14.7 Å². The van der Waals surface area contributed by atoms with Crippen LogP contribution in [0.4, 0.5) is 8.78 Å². The number of halogens is 2. The zero-order chi connectivity index (χ0) is 18.3. The van der Waals surface area contributed by atoms with Crippen molar-refractivity contribution in [1.29, 1.82) is 0 Å². The Kier molecular flexibility index (Phi) is 3.72. The van der Waals surface area contributed by atoms with Gasteiger partial charge in [-0.25, -0.2) is 13.6 Å². The smallest absolute Gasteiger partial charge is 0.330 e. The maximum absolute atomic E-state index is 15.2. The van der Waals surface area contributed by atoms with E-state index >= 15 is 4.39 Å². The Labute approximate surface area is 126 Å². The Morgan fingerprint density at radius 2 is 2.32 bits per heavy atom. The zero-order valence-electron chi connectivity index (χ0n) is 13.3. The molecule has 0 saturated carbocycles. The number of aliphatic hydroxyl groups excluding tert-OH is 1. The Morgan fingerprint density at radius 1 is 1.64 bits per heavy atom. The van der Waals surface area contributed by atoms with Gasteiger partial charge in [0, 0.05) is 11.8 Å². The Morgan fingerprint density at radius 3 is 2.86 bits per heavy atom. The first-order valence-corrected chi connectivity index (χ1v) is 6.15. The van der Waals surface area contributed by atoms with Crippen molar-refractivity contribution < 1.29 is 26.5 Å². The van der Waals surface area contributed by atoms with Crippen molar-refractivity contribution in [2.75, 3.05) is 13.2 Å². The third-order valence-electron chi connectivity index (χ3n) is 3.23. The summed E-state index contributed by atoms with van der Waals surface area (Å²) in [6.07, 6.45) is -6.43. The van der Waals surface area contributed by atoms with Gasteiger partial charge in [-0.05, 0) is 6.92 Å². The molecule has 1 aliphatic heterocycles. The van der Waals surface area contributed by atoms with Crippen LogP contribution in [0.2, 0.25) is 0 Å². The summed E-state index contributed by atoms with van der Waals surface area (Å²) >= 11 is 0. The van der Waals surface area contributed by atoms with Crippen LogP contribution in [0.15, 0.2) is 15.7 Å². The van der Waals surface area contributed by atoms with Crippen molar-refractivity contribution in [3.63, 3.8) is 0 Å². The molecule has 3 N–H and O–H groups in total. The van der Waals surface area contributed by atoms with Crippen LogP contribution < -0.4 is 11.2 Å². The molecule has 1 aromatic rings. The highest BCUT2D eigenvalue weighted by atomic mass is 19.1. The van der Waals surface area contributed by atoms with E-state index in [1.807, 2.05) is 4.98 Å². The lowest BCUT2D eigenvalue weighted by Crippen LogP contribution is -2.45. The average molecular weight is 318 g/mol. The van der Waals surface area contributed by atoms with E-state index in [4.69, 9.17) is 7.48 Å². The van der Waals surface area contributed by atoms with E-state index in [2.05, 4.69) is 0 Å². The van der Waals surface area contributed by atoms with Crippen LogP contribution in [-0.4, -0.2) is 50.9 Å². The fourth-order valence-corrected chi connectivity index (χ4v) is 2.25. The maximum Gasteiger partial charge on any atom is 0.330 e. The molecule has 0 aromatic carbocycles. The SMILES string of the molecule is [2H]C([2H])(O)[C@H]1O[C@@H](n2c(C)cc(=O)[nH]c2=O)C(F)(C#CCF)[C@H]1O. The number of H-pyrrole nitrogens is 1. The fraction of sp³-hybridized carbons (Fsp3) is 0.538. The molecule has 0 radical (unpaired) electrons. The van der Waals surface area contributed by atoms with E-state index in [0.717, 1.165) is 6.07 Å². The molecule has 4 atom stereocenters. The zero-order valence-corrected chi connectivity index (χ0v) is 11.3. The lowest BCUT2D eigenvalue weighted by atomic mass is 9.96. The van der Waals surface area contributed by atoms with Crippen LogP contribution in [0.5, 0.6) is 0 Å². The van der Waals surface area contributed by atoms with Crippen molar-refractivity contribution in [2.45, 2.75) is 31.0 Å². The number of hydrogen-bond donors (Lipinski definition) is 3. The lowest BCUT2D eigenvalue weighted by Gasteiger charge is -2.25. The number of nitrogens with zero attached hydrogens (tertiary/aromatic N) is 1. The summed E-state index contributed by atoms with van der Waals surface area (Å²) in [6, 6.07) is 0.945. The van der Waals surface area contributed by atoms with Gasteiger partial charge in [-0.2, -0.15) is 0 Å². The number of nitrogens with one attached hydrogen (secondary N) is 1. The monoisotopic (exact) mass is 318 g/mol. The van der Waals surface area contributed by atoms with Gasteiger partial charge in [-0.15, -0.1) is 0 Å². The van der Waals surface area contributed by atoms with Crippen molar-refractivity contribution in [3.05, 3.63) is 32.6 Å². The molecule has 22 heavy (non-hydrogen) atoms. The lowest BCUT2D eigenvalue weighted by molar-refractivity contribution is -0.0552. The fourth-order valence-electron chi connectivity index (χ4n) is 2.25. The van der Waals surface area contributed by atoms with Gasteiger partial charge in [0.1, 0.15) is 18.9 Å². The normalized spacial score (nSPS) is 32.9. The molecular weight excluding hydrogens is 302 g/mol. The van der Waals surface area contributed by atoms with Gasteiger partial charge in [0.05, 0.1) is 9.30 Å². The second-order valence-corrected chi connectivity index (χ2v) is 4.64. The molecule has 120 valence electrons. The van der Waals surface area contributed by atoms with Gasteiger partial charge in [0.15, 0.2) is 6.23 Å². The first-order chi connectivity index (χ1) is 11.0. The molecule has 1 aromatic heterocycles. The van der Waals surface area contributed by atoms with Crippen molar-refractivity contribution >= 4 is 0 Å². The van der Waals surface area contributed by atoms with Crippen molar-refractivity contribution in [1.82, 2.24) is 9.55 Å².